The van der Waals surface area contributed by atoms with Gasteiger partial charge < -0.3 is 5.32 Å². The Morgan fingerprint density at radius 3 is 2.69 bits per heavy atom. The maximum Gasteiger partial charge on any atom is 0.0662 e. The molecule has 1 aromatic heterocycles. The molecule has 16 heavy (non-hydrogen) atoms. The molecule has 0 aliphatic rings. The second-order valence-corrected chi connectivity index (χ2v) is 5.12. The lowest BCUT2D eigenvalue weighted by atomic mass is 10.1. The van der Waals surface area contributed by atoms with Crippen LogP contribution in [0.15, 0.2) is 24.4 Å². The second-order valence-electron chi connectivity index (χ2n) is 5.12. The number of nitrogens with one attached hydrogen (secondary N) is 1. The molecule has 0 radical (unpaired) electrons. The summed E-state index contributed by atoms with van der Waals surface area (Å²) < 4.78 is 1.84. The summed E-state index contributed by atoms with van der Waals surface area (Å²) in [6.45, 7) is 7.59. The molecule has 0 bridgehead atoms. The third-order valence-electron chi connectivity index (χ3n) is 2.23. The first-order valence-electron chi connectivity index (χ1n) is 5.86. The van der Waals surface area contributed by atoms with E-state index in [4.69, 9.17) is 0 Å². The summed E-state index contributed by atoms with van der Waals surface area (Å²) in [6.07, 6.45) is 8.38. The van der Waals surface area contributed by atoms with Crippen LogP contribution in [0.5, 0.6) is 0 Å². The van der Waals surface area contributed by atoms with E-state index in [1.165, 1.54) is 0 Å². The van der Waals surface area contributed by atoms with Crippen molar-refractivity contribution in [2.24, 2.45) is 7.05 Å². The van der Waals surface area contributed by atoms with Gasteiger partial charge in [-0.3, -0.25) is 4.68 Å². The van der Waals surface area contributed by atoms with Crippen molar-refractivity contribution < 1.29 is 0 Å². The minimum absolute atomic E-state index is 0.217. The molecular weight excluding hydrogens is 198 g/mol. The largest absolute Gasteiger partial charge is 0.312 e. The van der Waals surface area contributed by atoms with Crippen molar-refractivity contribution in [1.82, 2.24) is 15.1 Å². The van der Waals surface area contributed by atoms with Gasteiger partial charge in [0.25, 0.3) is 0 Å². The number of rotatable bonds is 5. The Kier molecular flexibility index (Phi) is 4.74. The molecule has 0 atom stereocenters. The Labute approximate surface area is 98.5 Å². The van der Waals surface area contributed by atoms with E-state index in [2.05, 4.69) is 49.4 Å². The Bertz CT molecular complexity index is 331. The summed E-state index contributed by atoms with van der Waals surface area (Å²) in [5.41, 5.74) is 1.34. The highest BCUT2D eigenvalue weighted by atomic mass is 15.2. The Balaban J connectivity index is 2.14. The molecule has 1 N–H and O–H groups in total. The van der Waals surface area contributed by atoms with Crippen LogP contribution in [-0.4, -0.2) is 21.9 Å². The Morgan fingerprint density at radius 1 is 1.38 bits per heavy atom. The number of aryl methyl sites for hydroxylation is 1. The van der Waals surface area contributed by atoms with Gasteiger partial charge in [0.15, 0.2) is 0 Å². The van der Waals surface area contributed by atoms with E-state index in [0.717, 1.165) is 25.1 Å². The highest BCUT2D eigenvalue weighted by Gasteiger charge is 2.06. The van der Waals surface area contributed by atoms with E-state index in [0.29, 0.717) is 0 Å². The molecule has 0 saturated carbocycles. The average molecular weight is 221 g/mol. The smallest absolute Gasteiger partial charge is 0.0662 e. The standard InChI is InChI=1S/C13H23N3/c1-13(2,3)14-10-7-5-6-8-12-9-11-16(4)15-12/h5-6,9,11,14H,7-8,10H2,1-4H3/b6-5+. The number of nitrogens with zero attached hydrogens (tertiary/aromatic N) is 2. The number of hydrogen-bond donors (Lipinski definition) is 1. The molecule has 1 heterocycles. The van der Waals surface area contributed by atoms with Crippen LogP contribution in [0.4, 0.5) is 0 Å². The first-order valence-corrected chi connectivity index (χ1v) is 5.86. The summed E-state index contributed by atoms with van der Waals surface area (Å²) in [6, 6.07) is 2.05. The molecule has 0 aliphatic carbocycles. The number of aromatic nitrogens is 2. The zero-order valence-electron chi connectivity index (χ0n) is 10.8. The number of allylic oxidation sites excluding steroid dienone is 1. The van der Waals surface area contributed by atoms with E-state index < -0.39 is 0 Å². The molecule has 0 aliphatic heterocycles. The van der Waals surface area contributed by atoms with Gasteiger partial charge in [0.05, 0.1) is 5.69 Å². The van der Waals surface area contributed by atoms with Gasteiger partial charge in [0, 0.05) is 25.2 Å². The van der Waals surface area contributed by atoms with E-state index in [1.54, 1.807) is 0 Å². The molecule has 1 aromatic rings. The predicted octanol–water partition coefficient (Wildman–Crippen LogP) is 2.30. The maximum absolute atomic E-state index is 4.32. The number of hydrogen-bond acceptors (Lipinski definition) is 2. The normalized spacial score (nSPS) is 12.5. The molecule has 0 saturated heterocycles. The molecule has 1 rings (SSSR count). The highest BCUT2D eigenvalue weighted by Crippen LogP contribution is 1.99. The first kappa shape index (κ1) is 13.0. The summed E-state index contributed by atoms with van der Waals surface area (Å²) in [5.74, 6) is 0. The van der Waals surface area contributed by atoms with Gasteiger partial charge in [-0.05, 0) is 39.8 Å². The monoisotopic (exact) mass is 221 g/mol. The first-order chi connectivity index (χ1) is 7.47. The molecule has 0 unspecified atom stereocenters. The van der Waals surface area contributed by atoms with Gasteiger partial charge in [-0.25, -0.2) is 0 Å². The lowest BCUT2D eigenvalue weighted by Crippen LogP contribution is -2.36. The van der Waals surface area contributed by atoms with Gasteiger partial charge in [0.2, 0.25) is 0 Å². The Hall–Kier alpha value is -1.09. The van der Waals surface area contributed by atoms with Crippen LogP contribution in [0, 0.1) is 0 Å². The fraction of sp³-hybridized carbons (Fsp3) is 0.615. The topological polar surface area (TPSA) is 29.9 Å². The third kappa shape index (κ3) is 5.71. The lowest BCUT2D eigenvalue weighted by Gasteiger charge is -2.19. The Morgan fingerprint density at radius 2 is 2.12 bits per heavy atom. The van der Waals surface area contributed by atoms with Gasteiger partial charge in [-0.2, -0.15) is 5.10 Å². The van der Waals surface area contributed by atoms with Gasteiger partial charge in [-0.15, -0.1) is 0 Å². The van der Waals surface area contributed by atoms with Crippen molar-refractivity contribution in [2.45, 2.75) is 39.2 Å². The van der Waals surface area contributed by atoms with Crippen LogP contribution in [0.3, 0.4) is 0 Å². The van der Waals surface area contributed by atoms with Gasteiger partial charge in [-0.1, -0.05) is 12.2 Å². The van der Waals surface area contributed by atoms with Crippen molar-refractivity contribution in [2.75, 3.05) is 6.54 Å². The third-order valence-corrected chi connectivity index (χ3v) is 2.23. The van der Waals surface area contributed by atoms with Crippen molar-refractivity contribution >= 4 is 0 Å². The van der Waals surface area contributed by atoms with Crippen molar-refractivity contribution in [3.8, 4) is 0 Å². The molecular formula is C13H23N3. The van der Waals surface area contributed by atoms with E-state index in [1.807, 2.05) is 17.9 Å². The quantitative estimate of drug-likeness (QED) is 0.611. The van der Waals surface area contributed by atoms with Crippen LogP contribution in [0.1, 0.15) is 32.9 Å². The summed E-state index contributed by atoms with van der Waals surface area (Å²) in [7, 11) is 1.94. The van der Waals surface area contributed by atoms with E-state index in [9.17, 15) is 0 Å². The summed E-state index contributed by atoms with van der Waals surface area (Å²) in [5, 5.41) is 7.77. The fourth-order valence-electron chi connectivity index (χ4n) is 1.42. The zero-order valence-corrected chi connectivity index (χ0v) is 10.8. The molecule has 90 valence electrons. The molecule has 0 amide bonds. The predicted molar refractivity (Wildman–Crippen MR) is 68.4 cm³/mol. The summed E-state index contributed by atoms with van der Waals surface area (Å²) in [4.78, 5) is 0. The van der Waals surface area contributed by atoms with Crippen LogP contribution in [-0.2, 0) is 13.5 Å². The SMILES string of the molecule is Cn1ccc(C/C=C/CCNC(C)(C)C)n1. The van der Waals surface area contributed by atoms with Crippen LogP contribution >= 0.6 is 0 Å². The zero-order chi connectivity index (χ0) is 12.0. The lowest BCUT2D eigenvalue weighted by molar-refractivity contribution is 0.431. The van der Waals surface area contributed by atoms with Crippen LogP contribution in [0.2, 0.25) is 0 Å². The highest BCUT2D eigenvalue weighted by molar-refractivity contribution is 5.04. The van der Waals surface area contributed by atoms with Crippen LogP contribution < -0.4 is 5.32 Å². The summed E-state index contributed by atoms with van der Waals surface area (Å²) >= 11 is 0. The van der Waals surface area contributed by atoms with Crippen molar-refractivity contribution in [3.63, 3.8) is 0 Å². The van der Waals surface area contributed by atoms with Crippen LogP contribution in [0.25, 0.3) is 0 Å². The molecule has 0 fully saturated rings. The molecule has 3 nitrogen and oxygen atoms in total. The van der Waals surface area contributed by atoms with E-state index >= 15 is 0 Å². The molecule has 3 heteroatoms. The molecule has 0 spiro atoms. The average Bonchev–Trinajstić information content (AvgIpc) is 2.56. The van der Waals surface area contributed by atoms with Crippen molar-refractivity contribution in [3.05, 3.63) is 30.1 Å². The van der Waals surface area contributed by atoms with E-state index in [-0.39, 0.29) is 5.54 Å². The van der Waals surface area contributed by atoms with Gasteiger partial charge in [0.1, 0.15) is 0 Å². The minimum atomic E-state index is 0.217. The van der Waals surface area contributed by atoms with Crippen molar-refractivity contribution in [1.29, 1.82) is 0 Å². The van der Waals surface area contributed by atoms with Gasteiger partial charge >= 0.3 is 0 Å². The fourth-order valence-corrected chi connectivity index (χ4v) is 1.42. The maximum atomic E-state index is 4.32. The molecule has 0 aromatic carbocycles. The second kappa shape index (κ2) is 5.85. The minimum Gasteiger partial charge on any atom is -0.312 e.